The highest BCUT2D eigenvalue weighted by Gasteiger charge is 2.07. The second-order valence-corrected chi connectivity index (χ2v) is 9.43. The number of nitrogens with zero attached hydrogens (tertiary/aromatic N) is 1. The van der Waals surface area contributed by atoms with Crippen LogP contribution in [0.4, 0.5) is 0 Å². The summed E-state index contributed by atoms with van der Waals surface area (Å²) >= 11 is 0. The Morgan fingerprint density at radius 2 is 1.30 bits per heavy atom. The minimum atomic E-state index is -4.02. The minimum absolute atomic E-state index is 0.0666. The van der Waals surface area contributed by atoms with Crippen LogP contribution in [0.3, 0.4) is 0 Å². The number of hydrogen-bond donors (Lipinski definition) is 1. The third kappa shape index (κ3) is 12.1. The highest BCUT2D eigenvalue weighted by atomic mass is 32.2. The molecule has 0 unspecified atom stereocenters. The normalized spacial score (nSPS) is 11.1. The van der Waals surface area contributed by atoms with Gasteiger partial charge in [-0.25, -0.2) is 4.57 Å². The van der Waals surface area contributed by atoms with Gasteiger partial charge in [0.25, 0.3) is 10.1 Å². The van der Waals surface area contributed by atoms with Crippen molar-refractivity contribution < 1.29 is 17.5 Å². The number of hydrogen-bond acceptors (Lipinski definition) is 2. The number of pyridine rings is 1. The van der Waals surface area contributed by atoms with Crippen LogP contribution < -0.4 is 4.57 Å². The van der Waals surface area contributed by atoms with Crippen molar-refractivity contribution in [2.45, 2.75) is 96.4 Å². The van der Waals surface area contributed by atoms with Gasteiger partial charge < -0.3 is 0 Å². The van der Waals surface area contributed by atoms with Gasteiger partial charge in [-0.2, -0.15) is 8.42 Å². The van der Waals surface area contributed by atoms with E-state index in [9.17, 15) is 8.42 Å². The van der Waals surface area contributed by atoms with Gasteiger partial charge >= 0.3 is 0 Å². The molecule has 0 amide bonds. The second kappa shape index (κ2) is 15.1. The minimum Gasteiger partial charge on any atom is -0.282 e. The molecule has 2 rings (SSSR count). The predicted octanol–water partition coefficient (Wildman–Crippen LogP) is 6.45. The monoisotopic (exact) mass is 434 g/mol. The van der Waals surface area contributed by atoms with Gasteiger partial charge in [-0.15, -0.1) is 0 Å². The molecule has 0 aliphatic rings. The maximum absolute atomic E-state index is 10.5. The Morgan fingerprint density at radius 1 is 0.767 bits per heavy atom. The fraction of sp³-hybridized carbons (Fsp3) is 0.560. The number of aromatic nitrogens is 1. The van der Waals surface area contributed by atoms with Gasteiger partial charge in [-0.3, -0.25) is 4.55 Å². The zero-order valence-electron chi connectivity index (χ0n) is 19.0. The van der Waals surface area contributed by atoms with Crippen molar-refractivity contribution in [2.75, 3.05) is 0 Å². The van der Waals surface area contributed by atoms with E-state index in [0.717, 1.165) is 5.56 Å². The SMILES string of the molecule is CCCCCCCCCCCC[n+]1ccccc1C.Cc1ccc(S(=O)(=O)O)cc1. The molecule has 0 saturated heterocycles. The fourth-order valence-electron chi connectivity index (χ4n) is 3.29. The van der Waals surface area contributed by atoms with E-state index < -0.39 is 10.1 Å². The molecular formula is C25H40NO3S+. The van der Waals surface area contributed by atoms with Crippen molar-refractivity contribution in [3.05, 3.63) is 59.9 Å². The van der Waals surface area contributed by atoms with Gasteiger partial charge in [0, 0.05) is 25.5 Å². The number of benzene rings is 1. The van der Waals surface area contributed by atoms with E-state index >= 15 is 0 Å². The first kappa shape index (κ1) is 26.3. The van der Waals surface area contributed by atoms with Gasteiger partial charge in [0.05, 0.1) is 4.90 Å². The van der Waals surface area contributed by atoms with Crippen LogP contribution >= 0.6 is 0 Å². The van der Waals surface area contributed by atoms with E-state index in [1.54, 1.807) is 12.1 Å². The molecule has 2 aromatic rings. The van der Waals surface area contributed by atoms with Crippen molar-refractivity contribution in [1.29, 1.82) is 0 Å². The molecule has 0 saturated carbocycles. The van der Waals surface area contributed by atoms with Crippen LogP contribution in [0.1, 0.15) is 82.4 Å². The zero-order chi connectivity index (χ0) is 22.2. The molecular weight excluding hydrogens is 394 g/mol. The number of unbranched alkanes of at least 4 members (excludes halogenated alkanes) is 9. The lowest BCUT2D eigenvalue weighted by Gasteiger charge is -2.02. The average Bonchev–Trinajstić information content (AvgIpc) is 2.71. The summed E-state index contributed by atoms with van der Waals surface area (Å²) in [5, 5.41) is 0. The van der Waals surface area contributed by atoms with Crippen molar-refractivity contribution in [3.63, 3.8) is 0 Å². The molecule has 0 fully saturated rings. The molecule has 0 bridgehead atoms. The van der Waals surface area contributed by atoms with Gasteiger partial charge in [0.15, 0.2) is 11.9 Å². The van der Waals surface area contributed by atoms with E-state index in [2.05, 4.69) is 42.8 Å². The average molecular weight is 435 g/mol. The summed E-state index contributed by atoms with van der Waals surface area (Å²) in [5.41, 5.74) is 2.33. The number of aryl methyl sites for hydroxylation is 3. The first-order chi connectivity index (χ1) is 14.3. The molecule has 30 heavy (non-hydrogen) atoms. The Balaban J connectivity index is 0.000000346. The lowest BCUT2D eigenvalue weighted by atomic mass is 10.1. The summed E-state index contributed by atoms with van der Waals surface area (Å²) in [6.45, 7) is 7.50. The quantitative estimate of drug-likeness (QED) is 0.237. The smallest absolute Gasteiger partial charge is 0.282 e. The molecule has 1 aromatic heterocycles. The molecule has 1 heterocycles. The van der Waals surface area contributed by atoms with Gasteiger partial charge in [0.2, 0.25) is 0 Å². The number of rotatable bonds is 12. The Hall–Kier alpha value is -1.72. The largest absolute Gasteiger partial charge is 0.294 e. The van der Waals surface area contributed by atoms with Crippen LogP contribution in [-0.4, -0.2) is 13.0 Å². The van der Waals surface area contributed by atoms with E-state index in [1.807, 2.05) is 6.92 Å². The van der Waals surface area contributed by atoms with E-state index in [0.29, 0.717) is 0 Å². The van der Waals surface area contributed by atoms with E-state index in [-0.39, 0.29) is 4.90 Å². The summed E-state index contributed by atoms with van der Waals surface area (Å²) in [7, 11) is -4.02. The van der Waals surface area contributed by atoms with Crippen molar-refractivity contribution in [3.8, 4) is 0 Å². The second-order valence-electron chi connectivity index (χ2n) is 8.01. The Labute approximate surface area is 184 Å². The third-order valence-electron chi connectivity index (χ3n) is 5.24. The van der Waals surface area contributed by atoms with Crippen LogP contribution in [0.25, 0.3) is 0 Å². The summed E-state index contributed by atoms with van der Waals surface area (Å²) in [6.07, 6.45) is 16.3. The predicted molar refractivity (Wildman–Crippen MR) is 124 cm³/mol. The highest BCUT2D eigenvalue weighted by Crippen LogP contribution is 2.10. The summed E-state index contributed by atoms with van der Waals surface area (Å²) in [5.74, 6) is 0. The lowest BCUT2D eigenvalue weighted by molar-refractivity contribution is -0.703. The standard InChI is InChI=1S/C18H32N.C7H8O3S/c1-3-4-5-6-7-8-9-10-11-13-16-19-17-14-12-15-18(19)2;1-6-2-4-7(5-3-6)11(8,9)10/h12,14-15,17H,3-11,13,16H2,1-2H3;2-5H,1H3,(H,8,9,10)/q+1;. The first-order valence-electron chi connectivity index (χ1n) is 11.3. The van der Waals surface area contributed by atoms with E-state index in [4.69, 9.17) is 4.55 Å². The molecule has 0 atom stereocenters. The van der Waals surface area contributed by atoms with Crippen LogP contribution in [0, 0.1) is 13.8 Å². The van der Waals surface area contributed by atoms with Crippen molar-refractivity contribution >= 4 is 10.1 Å². The molecule has 0 aliphatic heterocycles. The Morgan fingerprint density at radius 3 is 1.80 bits per heavy atom. The molecule has 0 aliphatic carbocycles. The maximum Gasteiger partial charge on any atom is 0.294 e. The molecule has 1 aromatic carbocycles. The third-order valence-corrected chi connectivity index (χ3v) is 6.11. The first-order valence-corrected chi connectivity index (χ1v) is 12.8. The van der Waals surface area contributed by atoms with Crippen LogP contribution in [0.2, 0.25) is 0 Å². The van der Waals surface area contributed by atoms with Gasteiger partial charge in [-0.1, -0.05) is 82.1 Å². The molecule has 5 heteroatoms. The van der Waals surface area contributed by atoms with Crippen LogP contribution in [-0.2, 0) is 16.7 Å². The lowest BCUT2D eigenvalue weighted by Crippen LogP contribution is -2.36. The molecule has 0 spiro atoms. The summed E-state index contributed by atoms with van der Waals surface area (Å²) in [6, 6.07) is 12.4. The Kier molecular flexibility index (Phi) is 13.3. The van der Waals surface area contributed by atoms with Crippen molar-refractivity contribution in [1.82, 2.24) is 0 Å². The molecule has 1 N–H and O–H groups in total. The van der Waals surface area contributed by atoms with Gasteiger partial charge in [-0.05, 0) is 25.5 Å². The highest BCUT2D eigenvalue weighted by molar-refractivity contribution is 7.85. The van der Waals surface area contributed by atoms with Crippen LogP contribution in [0.15, 0.2) is 53.6 Å². The summed E-state index contributed by atoms with van der Waals surface area (Å²) in [4.78, 5) is -0.0666. The zero-order valence-corrected chi connectivity index (χ0v) is 19.8. The Bertz CT molecular complexity index is 801. The van der Waals surface area contributed by atoms with Crippen LogP contribution in [0.5, 0.6) is 0 Å². The molecule has 168 valence electrons. The molecule has 4 nitrogen and oxygen atoms in total. The topological polar surface area (TPSA) is 58.2 Å². The summed E-state index contributed by atoms with van der Waals surface area (Å²) < 4.78 is 31.9. The molecule has 0 radical (unpaired) electrons. The van der Waals surface area contributed by atoms with E-state index in [1.165, 1.54) is 88.6 Å². The fourth-order valence-corrected chi connectivity index (χ4v) is 3.77. The van der Waals surface area contributed by atoms with Gasteiger partial charge in [0.1, 0.15) is 6.54 Å². The maximum atomic E-state index is 10.5. The van der Waals surface area contributed by atoms with Crippen molar-refractivity contribution in [2.24, 2.45) is 0 Å².